The smallest absolute Gasteiger partial charge is 0.231 e. The Morgan fingerprint density at radius 2 is 2.06 bits per heavy atom. The average molecular weight is 314 g/mol. The van der Waals surface area contributed by atoms with Crippen LogP contribution in [0.15, 0.2) is 16.7 Å². The summed E-state index contributed by atoms with van der Waals surface area (Å²) in [6.07, 6.45) is 1.46. The molecule has 1 rings (SSSR count). The predicted octanol–water partition coefficient (Wildman–Crippen LogP) is 2.86. The van der Waals surface area contributed by atoms with Gasteiger partial charge in [0.15, 0.2) is 0 Å². The van der Waals surface area contributed by atoms with E-state index in [1.165, 1.54) is 0 Å². The minimum Gasteiger partial charge on any atom is -0.329 e. The van der Waals surface area contributed by atoms with Crippen LogP contribution >= 0.6 is 15.9 Å². The van der Waals surface area contributed by atoms with Gasteiger partial charge in [0.25, 0.3) is 0 Å². The molecule has 0 saturated heterocycles. The van der Waals surface area contributed by atoms with Crippen molar-refractivity contribution in [3.8, 4) is 0 Å². The third kappa shape index (κ3) is 3.09. The first kappa shape index (κ1) is 15.1. The van der Waals surface area contributed by atoms with Crippen molar-refractivity contribution in [1.29, 1.82) is 0 Å². The fourth-order valence-corrected chi connectivity index (χ4v) is 2.27. The van der Waals surface area contributed by atoms with Gasteiger partial charge in [0.05, 0.1) is 16.8 Å². The van der Waals surface area contributed by atoms with Crippen LogP contribution in [0, 0.1) is 12.3 Å². The van der Waals surface area contributed by atoms with E-state index in [2.05, 4.69) is 26.2 Å². The lowest BCUT2D eigenvalue weighted by Crippen LogP contribution is -2.41. The quantitative estimate of drug-likeness (QED) is 0.821. The summed E-state index contributed by atoms with van der Waals surface area (Å²) in [6, 6.07) is 3.65. The van der Waals surface area contributed by atoms with E-state index in [0.717, 1.165) is 28.8 Å². The number of carbonyl (C=O) groups excluding carboxylic acids is 1. The number of amides is 1. The van der Waals surface area contributed by atoms with E-state index in [1.54, 1.807) is 0 Å². The minimum absolute atomic E-state index is 0.0257. The van der Waals surface area contributed by atoms with Crippen LogP contribution in [0.3, 0.4) is 0 Å². The van der Waals surface area contributed by atoms with Crippen molar-refractivity contribution in [3.63, 3.8) is 0 Å². The Balaban J connectivity index is 2.93. The number of aromatic nitrogens is 1. The Kier molecular flexibility index (Phi) is 5.28. The molecule has 18 heavy (non-hydrogen) atoms. The predicted molar refractivity (Wildman–Crippen MR) is 77.4 cm³/mol. The second kappa shape index (κ2) is 6.29. The van der Waals surface area contributed by atoms with Crippen molar-refractivity contribution in [1.82, 2.24) is 4.98 Å². The van der Waals surface area contributed by atoms with Gasteiger partial charge in [-0.1, -0.05) is 13.8 Å². The highest BCUT2D eigenvalue weighted by Crippen LogP contribution is 2.27. The molecule has 4 nitrogen and oxygen atoms in total. The molecule has 0 unspecified atom stereocenters. The Labute approximate surface area is 116 Å². The Hall–Kier alpha value is -0.940. The van der Waals surface area contributed by atoms with Gasteiger partial charge in [-0.15, -0.1) is 0 Å². The normalized spacial score (nSPS) is 11.4. The number of halogens is 1. The van der Waals surface area contributed by atoms with Crippen LogP contribution in [0.1, 0.15) is 32.4 Å². The number of rotatable bonds is 5. The van der Waals surface area contributed by atoms with Gasteiger partial charge in [0.1, 0.15) is 4.60 Å². The molecule has 0 bridgehead atoms. The number of hydrogen-bond acceptors (Lipinski definition) is 3. The molecule has 0 radical (unpaired) electrons. The molecule has 0 atom stereocenters. The molecular weight excluding hydrogens is 294 g/mol. The van der Waals surface area contributed by atoms with E-state index in [0.29, 0.717) is 6.54 Å². The lowest BCUT2D eigenvalue weighted by atomic mass is 9.81. The van der Waals surface area contributed by atoms with Crippen molar-refractivity contribution < 1.29 is 4.79 Å². The Morgan fingerprint density at radius 3 is 2.50 bits per heavy atom. The fraction of sp³-hybridized carbons (Fsp3) is 0.538. The number of nitrogens with zero attached hydrogens (tertiary/aromatic N) is 1. The summed E-state index contributed by atoms with van der Waals surface area (Å²) in [6.45, 7) is 6.20. The van der Waals surface area contributed by atoms with Crippen LogP contribution in [0.4, 0.5) is 5.69 Å². The van der Waals surface area contributed by atoms with Gasteiger partial charge in [0, 0.05) is 6.54 Å². The molecule has 0 spiro atoms. The molecule has 100 valence electrons. The first-order valence-electron chi connectivity index (χ1n) is 6.13. The van der Waals surface area contributed by atoms with Crippen LogP contribution < -0.4 is 11.1 Å². The summed E-state index contributed by atoms with van der Waals surface area (Å²) in [7, 11) is 0. The van der Waals surface area contributed by atoms with Crippen molar-refractivity contribution in [2.24, 2.45) is 11.1 Å². The maximum atomic E-state index is 12.3. The van der Waals surface area contributed by atoms with Gasteiger partial charge in [-0.3, -0.25) is 4.79 Å². The second-order valence-electron chi connectivity index (χ2n) is 4.41. The van der Waals surface area contributed by atoms with Gasteiger partial charge < -0.3 is 11.1 Å². The molecule has 1 aromatic rings. The highest BCUT2D eigenvalue weighted by atomic mass is 79.9. The maximum Gasteiger partial charge on any atom is 0.231 e. The van der Waals surface area contributed by atoms with Gasteiger partial charge in [-0.25, -0.2) is 4.98 Å². The topological polar surface area (TPSA) is 68.0 Å². The molecular formula is C13H20BrN3O. The van der Waals surface area contributed by atoms with Crippen molar-refractivity contribution in [2.75, 3.05) is 11.9 Å². The number of nitrogens with two attached hydrogens (primary N) is 1. The van der Waals surface area contributed by atoms with E-state index < -0.39 is 5.41 Å². The molecule has 1 aromatic heterocycles. The summed E-state index contributed by atoms with van der Waals surface area (Å²) < 4.78 is 0.758. The van der Waals surface area contributed by atoms with Crippen LogP contribution in [0.5, 0.6) is 0 Å². The highest BCUT2D eigenvalue weighted by molar-refractivity contribution is 9.10. The number of carbonyl (C=O) groups is 1. The Morgan fingerprint density at radius 1 is 1.44 bits per heavy atom. The molecule has 3 N–H and O–H groups in total. The zero-order valence-electron chi connectivity index (χ0n) is 11.1. The van der Waals surface area contributed by atoms with E-state index in [9.17, 15) is 4.79 Å². The van der Waals surface area contributed by atoms with Crippen molar-refractivity contribution >= 4 is 27.5 Å². The van der Waals surface area contributed by atoms with Crippen molar-refractivity contribution in [3.05, 3.63) is 22.4 Å². The lowest BCUT2D eigenvalue weighted by molar-refractivity contribution is -0.125. The molecule has 0 fully saturated rings. The molecule has 1 amide bonds. The number of nitrogens with one attached hydrogen (secondary N) is 1. The standard InChI is InChI=1S/C13H20BrN3O/c1-4-13(5-2,8-15)12(18)17-10-6-7-11(14)16-9(10)3/h6-7H,4-5,8,15H2,1-3H3,(H,17,18). The van der Waals surface area contributed by atoms with Gasteiger partial charge >= 0.3 is 0 Å². The molecule has 5 heteroatoms. The van der Waals surface area contributed by atoms with Crippen LogP contribution in [-0.2, 0) is 4.79 Å². The summed E-state index contributed by atoms with van der Waals surface area (Å²) in [5.41, 5.74) is 6.80. The summed E-state index contributed by atoms with van der Waals surface area (Å²) in [5.74, 6) is -0.0257. The first-order valence-corrected chi connectivity index (χ1v) is 6.93. The number of anilines is 1. The SMILES string of the molecule is CCC(CC)(CN)C(=O)Nc1ccc(Br)nc1C. The Bertz CT molecular complexity index is 422. The van der Waals surface area contributed by atoms with Gasteiger partial charge in [0.2, 0.25) is 5.91 Å². The zero-order valence-corrected chi connectivity index (χ0v) is 12.7. The van der Waals surface area contributed by atoms with Crippen LogP contribution in [0.25, 0.3) is 0 Å². The van der Waals surface area contributed by atoms with Gasteiger partial charge in [-0.2, -0.15) is 0 Å². The molecule has 0 aliphatic heterocycles. The molecule has 0 aromatic carbocycles. The third-order valence-electron chi connectivity index (χ3n) is 3.53. The summed E-state index contributed by atoms with van der Waals surface area (Å²) in [4.78, 5) is 16.6. The number of pyridine rings is 1. The second-order valence-corrected chi connectivity index (χ2v) is 5.23. The van der Waals surface area contributed by atoms with Crippen LogP contribution in [-0.4, -0.2) is 17.4 Å². The third-order valence-corrected chi connectivity index (χ3v) is 3.97. The van der Waals surface area contributed by atoms with Crippen molar-refractivity contribution in [2.45, 2.75) is 33.6 Å². The molecule has 1 heterocycles. The minimum atomic E-state index is -0.487. The molecule has 0 aliphatic carbocycles. The maximum absolute atomic E-state index is 12.3. The van der Waals surface area contributed by atoms with E-state index in [4.69, 9.17) is 5.73 Å². The van der Waals surface area contributed by atoms with Crippen LogP contribution in [0.2, 0.25) is 0 Å². The van der Waals surface area contributed by atoms with Gasteiger partial charge in [-0.05, 0) is 47.8 Å². The number of aryl methyl sites for hydroxylation is 1. The molecule has 0 saturated carbocycles. The summed E-state index contributed by atoms with van der Waals surface area (Å²) >= 11 is 3.30. The number of hydrogen-bond donors (Lipinski definition) is 2. The highest BCUT2D eigenvalue weighted by Gasteiger charge is 2.33. The fourth-order valence-electron chi connectivity index (χ4n) is 1.87. The monoisotopic (exact) mass is 313 g/mol. The first-order chi connectivity index (χ1) is 8.49. The zero-order chi connectivity index (χ0) is 13.8. The van der Waals surface area contributed by atoms with E-state index >= 15 is 0 Å². The largest absolute Gasteiger partial charge is 0.329 e. The van der Waals surface area contributed by atoms with E-state index in [-0.39, 0.29) is 5.91 Å². The summed E-state index contributed by atoms with van der Waals surface area (Å²) in [5, 5.41) is 2.93. The lowest BCUT2D eigenvalue weighted by Gasteiger charge is -2.28. The van der Waals surface area contributed by atoms with E-state index in [1.807, 2.05) is 32.9 Å². The molecule has 0 aliphatic rings. The average Bonchev–Trinajstić information content (AvgIpc) is 2.36.